The molecule has 11 heteroatoms. The van der Waals surface area contributed by atoms with Crippen molar-refractivity contribution < 1.29 is 9.72 Å². The molecule has 0 fully saturated rings. The van der Waals surface area contributed by atoms with Crippen LogP contribution >= 0.6 is 11.6 Å². The number of benzene rings is 1. The SMILES string of the molecule is Cc1cc([N+](=O)[O-])nn1CC(=O)Nc1ncn(Cc2ccc(Cl)cc2)n1. The van der Waals surface area contributed by atoms with Crippen LogP contribution < -0.4 is 5.32 Å². The van der Waals surface area contributed by atoms with Crippen molar-refractivity contribution >= 4 is 29.3 Å². The van der Waals surface area contributed by atoms with Crippen LogP contribution in [0.1, 0.15) is 11.3 Å². The molecule has 2 heterocycles. The third-order valence-electron chi connectivity index (χ3n) is 3.49. The predicted octanol–water partition coefficient (Wildman–Crippen LogP) is 2.03. The molecule has 0 aliphatic carbocycles. The Bertz CT molecular complexity index is 949. The van der Waals surface area contributed by atoms with Gasteiger partial charge in [0, 0.05) is 5.02 Å². The van der Waals surface area contributed by atoms with Crippen molar-refractivity contribution in [2.75, 3.05) is 5.32 Å². The van der Waals surface area contributed by atoms with Gasteiger partial charge in [-0.1, -0.05) is 23.7 Å². The summed E-state index contributed by atoms with van der Waals surface area (Å²) < 4.78 is 2.82. The number of aryl methyl sites for hydroxylation is 1. The number of anilines is 1. The molecule has 0 atom stereocenters. The summed E-state index contributed by atoms with van der Waals surface area (Å²) in [7, 11) is 0. The molecular weight excluding hydrogens is 362 g/mol. The summed E-state index contributed by atoms with van der Waals surface area (Å²) in [5.41, 5.74) is 1.49. The maximum absolute atomic E-state index is 12.1. The van der Waals surface area contributed by atoms with Gasteiger partial charge in [-0.15, -0.1) is 5.10 Å². The van der Waals surface area contributed by atoms with Gasteiger partial charge >= 0.3 is 5.82 Å². The second kappa shape index (κ2) is 7.31. The molecule has 2 aromatic heterocycles. The first-order valence-corrected chi connectivity index (χ1v) is 7.91. The van der Waals surface area contributed by atoms with Crippen LogP contribution in [0.5, 0.6) is 0 Å². The van der Waals surface area contributed by atoms with E-state index in [4.69, 9.17) is 11.6 Å². The van der Waals surface area contributed by atoms with Crippen molar-refractivity contribution in [1.29, 1.82) is 0 Å². The van der Waals surface area contributed by atoms with Gasteiger partial charge in [-0.25, -0.2) is 9.67 Å². The Kier molecular flexibility index (Phi) is 4.94. The fourth-order valence-electron chi connectivity index (χ4n) is 2.25. The zero-order valence-corrected chi connectivity index (χ0v) is 14.4. The number of nitro groups is 1. The van der Waals surface area contributed by atoms with Crippen molar-refractivity contribution in [3.8, 4) is 0 Å². The number of halogens is 1. The average molecular weight is 376 g/mol. The van der Waals surface area contributed by atoms with Crippen LogP contribution in [0.4, 0.5) is 11.8 Å². The van der Waals surface area contributed by atoms with Gasteiger partial charge in [-0.2, -0.15) is 4.68 Å². The van der Waals surface area contributed by atoms with Gasteiger partial charge in [0.15, 0.2) is 0 Å². The Morgan fingerprint density at radius 3 is 2.69 bits per heavy atom. The number of amides is 1. The zero-order valence-electron chi connectivity index (χ0n) is 13.7. The average Bonchev–Trinajstić information content (AvgIpc) is 3.17. The molecule has 0 bridgehead atoms. The number of rotatable bonds is 6. The molecule has 1 amide bonds. The molecule has 3 rings (SSSR count). The van der Waals surface area contributed by atoms with E-state index < -0.39 is 10.8 Å². The fourth-order valence-corrected chi connectivity index (χ4v) is 2.37. The van der Waals surface area contributed by atoms with Gasteiger partial charge in [-0.3, -0.25) is 10.1 Å². The molecule has 26 heavy (non-hydrogen) atoms. The van der Waals surface area contributed by atoms with Crippen LogP contribution in [0, 0.1) is 17.0 Å². The van der Waals surface area contributed by atoms with E-state index in [1.54, 1.807) is 23.7 Å². The number of nitrogens with one attached hydrogen (secondary N) is 1. The third-order valence-corrected chi connectivity index (χ3v) is 3.75. The molecule has 1 aromatic carbocycles. The van der Waals surface area contributed by atoms with E-state index >= 15 is 0 Å². The lowest BCUT2D eigenvalue weighted by atomic mass is 10.2. The van der Waals surface area contributed by atoms with E-state index in [9.17, 15) is 14.9 Å². The van der Waals surface area contributed by atoms with Gasteiger partial charge in [-0.05, 0) is 29.5 Å². The molecule has 0 saturated heterocycles. The standard InChI is InChI=1S/C15H14ClN7O3/c1-10-6-13(23(25)26)19-22(10)8-14(24)18-15-17-9-21(20-15)7-11-2-4-12(16)5-3-11/h2-6,9H,7-8H2,1H3,(H,18,20,24). The van der Waals surface area contributed by atoms with E-state index in [2.05, 4.69) is 20.5 Å². The van der Waals surface area contributed by atoms with Crippen LogP contribution in [0.3, 0.4) is 0 Å². The Labute approximate surface area is 152 Å². The monoisotopic (exact) mass is 375 g/mol. The molecule has 0 unspecified atom stereocenters. The normalized spacial score (nSPS) is 10.7. The number of carbonyl (C=O) groups excluding carboxylic acids is 1. The molecule has 0 radical (unpaired) electrons. The molecular formula is C15H14ClN7O3. The van der Waals surface area contributed by atoms with Crippen LogP contribution in [-0.2, 0) is 17.9 Å². The molecule has 0 aliphatic rings. The highest BCUT2D eigenvalue weighted by Gasteiger charge is 2.18. The van der Waals surface area contributed by atoms with Gasteiger partial charge < -0.3 is 10.1 Å². The smallest absolute Gasteiger partial charge is 0.358 e. The van der Waals surface area contributed by atoms with E-state index in [0.29, 0.717) is 17.3 Å². The first-order chi connectivity index (χ1) is 12.4. The molecule has 134 valence electrons. The Hall–Kier alpha value is -3.27. The summed E-state index contributed by atoms with van der Waals surface area (Å²) in [6, 6.07) is 8.60. The lowest BCUT2D eigenvalue weighted by molar-refractivity contribution is -0.389. The highest BCUT2D eigenvalue weighted by molar-refractivity contribution is 6.30. The Morgan fingerprint density at radius 1 is 1.31 bits per heavy atom. The minimum atomic E-state index is -0.610. The maximum Gasteiger partial charge on any atom is 0.390 e. The maximum atomic E-state index is 12.1. The molecule has 3 aromatic rings. The van der Waals surface area contributed by atoms with Gasteiger partial charge in [0.2, 0.25) is 5.95 Å². The van der Waals surface area contributed by atoms with E-state index in [-0.39, 0.29) is 18.3 Å². The van der Waals surface area contributed by atoms with E-state index in [0.717, 1.165) is 5.56 Å². The number of carbonyl (C=O) groups is 1. The summed E-state index contributed by atoms with van der Waals surface area (Å²) in [6.07, 6.45) is 1.49. The Balaban J connectivity index is 1.60. The third kappa shape index (κ3) is 4.22. The summed E-state index contributed by atoms with van der Waals surface area (Å²) in [6.45, 7) is 1.93. The summed E-state index contributed by atoms with van der Waals surface area (Å²) in [5.74, 6) is -0.598. The summed E-state index contributed by atoms with van der Waals surface area (Å²) >= 11 is 5.85. The second-order valence-corrected chi connectivity index (χ2v) is 5.94. The van der Waals surface area contributed by atoms with Gasteiger partial charge in [0.25, 0.3) is 5.91 Å². The highest BCUT2D eigenvalue weighted by atomic mass is 35.5. The summed E-state index contributed by atoms with van der Waals surface area (Å²) in [5, 5.41) is 21.8. The van der Waals surface area contributed by atoms with E-state index in [1.807, 2.05) is 12.1 Å². The second-order valence-electron chi connectivity index (χ2n) is 5.50. The minimum Gasteiger partial charge on any atom is -0.358 e. The lowest BCUT2D eigenvalue weighted by Crippen LogP contribution is -2.21. The minimum absolute atomic E-state index is 0.142. The number of hydrogen-bond acceptors (Lipinski definition) is 6. The zero-order chi connectivity index (χ0) is 18.7. The van der Waals surface area contributed by atoms with Crippen LogP contribution in [-0.4, -0.2) is 35.4 Å². The van der Waals surface area contributed by atoms with Crippen molar-refractivity contribution in [3.05, 3.63) is 63.1 Å². The summed E-state index contributed by atoms with van der Waals surface area (Å²) in [4.78, 5) is 26.2. The quantitative estimate of drug-likeness (QED) is 0.519. The number of nitrogens with zero attached hydrogens (tertiary/aromatic N) is 6. The molecule has 10 nitrogen and oxygen atoms in total. The van der Waals surface area contributed by atoms with Crippen LogP contribution in [0.2, 0.25) is 5.02 Å². The molecule has 0 aliphatic heterocycles. The molecule has 1 N–H and O–H groups in total. The van der Waals surface area contributed by atoms with Crippen molar-refractivity contribution in [2.45, 2.75) is 20.0 Å². The molecule has 0 saturated carbocycles. The van der Waals surface area contributed by atoms with Crippen LogP contribution in [0.15, 0.2) is 36.7 Å². The van der Waals surface area contributed by atoms with Crippen molar-refractivity contribution in [2.24, 2.45) is 0 Å². The van der Waals surface area contributed by atoms with Crippen molar-refractivity contribution in [3.63, 3.8) is 0 Å². The fraction of sp³-hybridized carbons (Fsp3) is 0.200. The number of aromatic nitrogens is 5. The highest BCUT2D eigenvalue weighted by Crippen LogP contribution is 2.12. The van der Waals surface area contributed by atoms with Gasteiger partial charge in [0.05, 0.1) is 23.4 Å². The van der Waals surface area contributed by atoms with Gasteiger partial charge in [0.1, 0.15) is 12.9 Å². The van der Waals surface area contributed by atoms with E-state index in [1.165, 1.54) is 17.1 Å². The Morgan fingerprint density at radius 2 is 2.04 bits per heavy atom. The van der Waals surface area contributed by atoms with Crippen molar-refractivity contribution in [1.82, 2.24) is 24.5 Å². The number of hydrogen-bond donors (Lipinski definition) is 1. The lowest BCUT2D eigenvalue weighted by Gasteiger charge is -2.02. The topological polar surface area (TPSA) is 121 Å². The first kappa shape index (κ1) is 17.5. The molecule has 0 spiro atoms. The largest absolute Gasteiger partial charge is 0.390 e. The predicted molar refractivity (Wildman–Crippen MR) is 92.8 cm³/mol. The van der Waals surface area contributed by atoms with Crippen LogP contribution in [0.25, 0.3) is 0 Å². The first-order valence-electron chi connectivity index (χ1n) is 7.53.